The second-order valence-electron chi connectivity index (χ2n) is 20.4. The third-order valence-corrected chi connectivity index (χ3v) is 18.5. The number of benzene rings is 10. The molecule has 39 nitrogen and oxygen atoms in total. The molecule has 0 amide bonds. The zero-order chi connectivity index (χ0) is 74.1. The number of hydrogen-bond acceptors (Lipinski definition) is 38. The molecule has 0 fully saturated rings. The van der Waals surface area contributed by atoms with Gasteiger partial charge in [-0.05, 0) is 119 Å². The van der Waals surface area contributed by atoms with Gasteiger partial charge < -0.3 is 50.5 Å². The van der Waals surface area contributed by atoms with Gasteiger partial charge in [0, 0.05) is 51.7 Å². The van der Waals surface area contributed by atoms with Gasteiger partial charge in [0.05, 0.1) is 103 Å². The zero-order valence-electron chi connectivity index (χ0n) is 51.4. The van der Waals surface area contributed by atoms with Crippen LogP contribution in [0.1, 0.15) is 10.4 Å². The maximum Gasteiger partial charge on any atom is 0.338 e. The Balaban J connectivity index is 0.976. The maximum absolute atomic E-state index is 13.1. The topological polar surface area (TPSA) is 598 Å². The minimum absolute atomic E-state index is 0.00878. The van der Waals surface area contributed by atoms with Crippen molar-refractivity contribution < 1.29 is 128 Å². The summed E-state index contributed by atoms with van der Waals surface area (Å²) < 4.78 is 130. The molecule has 103 heavy (non-hydrogen) atoms. The summed E-state index contributed by atoms with van der Waals surface area (Å²) in [6.45, 7) is -2.09. The van der Waals surface area contributed by atoms with Crippen LogP contribution in [0, 0.1) is 0 Å². The Kier molecular flexibility index (Phi) is 23.6. The molecule has 0 aromatic heterocycles. The number of aliphatic hydroxyl groups excluding tert-OH is 2. The quantitative estimate of drug-likeness (QED) is 0.00653. The third-order valence-electron chi connectivity index (χ3n) is 14.1. The Morgan fingerprint density at radius 3 is 1.54 bits per heavy atom. The smallest absolute Gasteiger partial charge is 0.338 e. The molecule has 15 N–H and O–H groups in total. The van der Waals surface area contributed by atoms with Gasteiger partial charge in [0.25, 0.3) is 30.4 Å². The van der Waals surface area contributed by atoms with Crippen LogP contribution in [0.5, 0.6) is 34.5 Å². The molecule has 0 aliphatic carbocycles. The van der Waals surface area contributed by atoms with E-state index in [0.29, 0.717) is 47.9 Å². The monoisotopic (exact) mass is 1530 g/mol. The molecular weight excluding hydrogens is 1490 g/mol. The fraction of sp³-hybridized carbons (Fsp3) is 0.0862. The van der Waals surface area contributed by atoms with E-state index >= 15 is 0 Å². The van der Waals surface area contributed by atoms with Gasteiger partial charge in [-0.15, -0.1) is 58.9 Å². The first kappa shape index (κ1) is 75.3. The summed E-state index contributed by atoms with van der Waals surface area (Å²) in [6.07, 6.45) is 0. The summed E-state index contributed by atoms with van der Waals surface area (Å²) >= 11 is 1.37. The van der Waals surface area contributed by atoms with Gasteiger partial charge in [0.2, 0.25) is 0 Å². The van der Waals surface area contributed by atoms with E-state index in [2.05, 4.69) is 80.2 Å². The largest absolute Gasteiger partial charge is 0.507 e. The lowest BCUT2D eigenvalue weighted by molar-refractivity contribution is -0.432. The molecule has 0 heterocycles. The Morgan fingerprint density at radius 2 is 0.990 bits per heavy atom. The van der Waals surface area contributed by atoms with Crippen LogP contribution in [0.2, 0.25) is 0 Å². The molecule has 10 aromatic carbocycles. The normalized spacial score (nSPS) is 12.5. The highest BCUT2D eigenvalue weighted by Gasteiger charge is 2.26. The van der Waals surface area contributed by atoms with Crippen molar-refractivity contribution >= 4 is 178 Å². The number of ether oxygens (including phenoxy) is 2. The van der Waals surface area contributed by atoms with Crippen LogP contribution in [0.3, 0.4) is 0 Å². The summed E-state index contributed by atoms with van der Waals surface area (Å²) in [6, 6.07) is 24.0. The number of fused-ring (bicyclic) bond motifs is 4. The van der Waals surface area contributed by atoms with Gasteiger partial charge in [-0.25, -0.2) is 15.3 Å². The molecule has 0 bridgehead atoms. The Labute approximate surface area is 588 Å². The minimum atomic E-state index is -5.31. The van der Waals surface area contributed by atoms with Gasteiger partial charge in [0.15, 0.2) is 17.2 Å². The number of nitrogens with one attached hydrogen (secondary N) is 1. The van der Waals surface area contributed by atoms with E-state index in [1.807, 2.05) is 0 Å². The van der Waals surface area contributed by atoms with Gasteiger partial charge in [0.1, 0.15) is 75.2 Å². The lowest BCUT2D eigenvalue weighted by Crippen LogP contribution is -2.04. The Hall–Kier alpha value is -10.4. The Bertz CT molecular complexity index is 5540. The lowest BCUT2D eigenvalue weighted by atomic mass is 10.1. The van der Waals surface area contributed by atoms with Crippen molar-refractivity contribution in [2.75, 3.05) is 38.8 Å². The fourth-order valence-electron chi connectivity index (χ4n) is 9.68. The molecule has 536 valence electrons. The van der Waals surface area contributed by atoms with Crippen LogP contribution >= 0.6 is 36.1 Å². The number of rotatable bonds is 30. The number of nitrogens with zero attached hydrogens (tertiary/aromatic N) is 10. The molecule has 10 aromatic rings. The van der Waals surface area contributed by atoms with Crippen molar-refractivity contribution in [3.8, 4) is 34.5 Å². The molecule has 0 radical (unpaired) electrons. The lowest BCUT2D eigenvalue weighted by Gasteiger charge is -2.13. The van der Waals surface area contributed by atoms with E-state index in [0.717, 1.165) is 36.4 Å². The highest BCUT2D eigenvalue weighted by molar-refractivity contribution is 7.95. The minimum Gasteiger partial charge on any atom is -0.507 e. The molecular formula is C58H46N12O27S6. The van der Waals surface area contributed by atoms with E-state index in [1.54, 1.807) is 7.05 Å². The van der Waals surface area contributed by atoms with E-state index in [1.165, 1.54) is 78.9 Å². The summed E-state index contributed by atoms with van der Waals surface area (Å²) in [7, 11) is -13.8. The predicted molar refractivity (Wildman–Crippen MR) is 361 cm³/mol. The van der Waals surface area contributed by atoms with Gasteiger partial charge >= 0.3 is 5.97 Å². The van der Waals surface area contributed by atoms with E-state index in [-0.39, 0.29) is 120 Å². The summed E-state index contributed by atoms with van der Waals surface area (Å²) in [5.74, 6) is 0.168. The van der Waals surface area contributed by atoms with Crippen molar-refractivity contribution in [1.29, 1.82) is 0 Å². The summed E-state index contributed by atoms with van der Waals surface area (Å²) in [5.41, 5.74) is -2.45. The zero-order valence-corrected chi connectivity index (χ0v) is 56.3. The van der Waals surface area contributed by atoms with Crippen molar-refractivity contribution in [3.05, 3.63) is 127 Å². The molecule has 45 heteroatoms. The number of nitrogens with two attached hydrogens (primary N) is 1. The van der Waals surface area contributed by atoms with Crippen molar-refractivity contribution in [1.82, 2.24) is 0 Å². The molecule has 0 spiro atoms. The average Bonchev–Trinajstić information content (AvgIpc) is 0.776. The predicted octanol–water partition coefficient (Wildman–Crippen LogP) is 14.1. The van der Waals surface area contributed by atoms with Gasteiger partial charge in [-0.2, -0.15) is 41.4 Å². The van der Waals surface area contributed by atoms with Crippen molar-refractivity contribution in [2.45, 2.75) is 29.4 Å². The van der Waals surface area contributed by atoms with Crippen LogP contribution in [0.15, 0.2) is 202 Å². The molecule has 0 atom stereocenters. The number of hydrogen-bond donors (Lipinski definition) is 14. The van der Waals surface area contributed by atoms with Crippen molar-refractivity contribution in [2.24, 2.45) is 57.0 Å². The fourth-order valence-corrected chi connectivity index (χ4v) is 12.8. The number of anilines is 1. The summed E-state index contributed by atoms with van der Waals surface area (Å²) in [4.78, 5) is 13.7. The number of azo groups is 5. The molecule has 0 saturated heterocycles. The first-order valence-corrected chi connectivity index (χ1v) is 34.7. The molecule has 10 rings (SSSR count). The van der Waals surface area contributed by atoms with Crippen LogP contribution in [-0.2, 0) is 58.4 Å². The van der Waals surface area contributed by atoms with E-state index in [4.69, 9.17) is 25.0 Å². The van der Waals surface area contributed by atoms with E-state index in [9.17, 15) is 84.7 Å². The SMILES string of the molecule is CNc1ccc2c(O)c(N=Nc3ccc4c(O)c(N=Nc5ccc(SOON)cc5C(=O)O)c(SOOO)cc4c3)c(SOOO)cc2c1N=Nc1ccc2c(O)c(N=Nc3cc(OCCO)c(N=Nc4cc(S(=O)(=O)O)cc5cc(S(=O)(=O)O)cc(O)c45)cc3OCCO)c(S(=O)(=O)O)cc2c1. The van der Waals surface area contributed by atoms with E-state index < -0.39 is 112 Å². The maximum atomic E-state index is 13.1. The number of phenolic OH excluding ortho intramolecular Hbond substituents is 4. The number of carboxylic acid groups (broad SMARTS) is 1. The molecule has 0 unspecified atom stereocenters. The standard InChI is InChI=1S/C58H46N12O27S6/c1-60-40-9-7-36-37(23-48(100-97-94-80)53(57(36)76)68-62-29-2-5-34-26(14-29)18-47(99-96-93-79)52(55(34)74)69-63-39-8-4-31(98-95-92-59)20-38(39)58(77)78)51(40)67-61-30-3-6-35-27(15-30)19-49(103(87,88)89)54(56(35)75)70-65-42-25-45(90-12-10-71)41(24-46(42)91-13-11-72)64-66-43-21-32(101(81,82)83)16-28-17-33(102(84,85)86)22-44(73)50(28)43/h2-9,14-25,60,71-76,79-80H,10-13,59H2,1H3,(H,77,78)(H,81,82,83)(H,84,85,86)(H,87,88,89). The first-order valence-electron chi connectivity index (χ1n) is 28.1. The van der Waals surface area contributed by atoms with Gasteiger partial charge in [-0.3, -0.25) is 13.7 Å². The first-order chi connectivity index (χ1) is 49.2. The second-order valence-corrected chi connectivity index (χ2v) is 26.8. The second kappa shape index (κ2) is 32.3. The summed E-state index contributed by atoms with van der Waals surface area (Å²) in [5, 5.41) is 146. The Morgan fingerprint density at radius 1 is 0.485 bits per heavy atom. The van der Waals surface area contributed by atoms with Gasteiger partial charge in [-0.1, -0.05) is 10.1 Å². The number of aromatic carboxylic acids is 1. The molecule has 0 aliphatic heterocycles. The number of aromatic hydroxyl groups is 4. The van der Waals surface area contributed by atoms with Crippen LogP contribution in [0.4, 0.5) is 62.6 Å². The average molecular weight is 1540 g/mol. The molecule has 0 aliphatic rings. The number of phenols is 4. The van der Waals surface area contributed by atoms with Crippen LogP contribution < -0.4 is 20.7 Å². The third kappa shape index (κ3) is 17.2. The number of aliphatic hydroxyl groups is 2. The van der Waals surface area contributed by atoms with Crippen molar-refractivity contribution in [3.63, 3.8) is 0 Å². The molecule has 0 saturated carbocycles. The van der Waals surface area contributed by atoms with Crippen LogP contribution in [-0.4, -0.2) is 125 Å². The van der Waals surface area contributed by atoms with Crippen LogP contribution in [0.25, 0.3) is 43.1 Å². The number of carbonyl (C=O) groups is 1. The highest BCUT2D eigenvalue weighted by Crippen LogP contribution is 2.51. The number of carboxylic acids is 1. The highest BCUT2D eigenvalue weighted by atomic mass is 32.2.